The van der Waals surface area contributed by atoms with Crippen molar-refractivity contribution in [2.75, 3.05) is 16.8 Å². The summed E-state index contributed by atoms with van der Waals surface area (Å²) in [6, 6.07) is 13.5. The van der Waals surface area contributed by atoms with Crippen molar-refractivity contribution < 1.29 is 14.0 Å². The van der Waals surface area contributed by atoms with Gasteiger partial charge in [-0.05, 0) is 24.3 Å². The molecule has 2 amide bonds. The Morgan fingerprint density at radius 2 is 1.96 bits per heavy atom. The smallest absolute Gasteiger partial charge is 0.244 e. The van der Waals surface area contributed by atoms with E-state index in [0.717, 1.165) is 10.6 Å². The maximum absolute atomic E-state index is 13.7. The van der Waals surface area contributed by atoms with Crippen LogP contribution in [0.15, 0.2) is 53.4 Å². The number of benzene rings is 2. The molecule has 1 N–H and O–H groups in total. The van der Waals surface area contributed by atoms with Gasteiger partial charge in [0.1, 0.15) is 12.4 Å². The van der Waals surface area contributed by atoms with E-state index in [2.05, 4.69) is 5.32 Å². The van der Waals surface area contributed by atoms with Crippen molar-refractivity contribution in [3.05, 3.63) is 54.3 Å². The third kappa shape index (κ3) is 3.59. The SMILES string of the molecule is CC1CC(=O)N(CC(=O)Nc2ccccc2F)c2ccccc2S1. The Morgan fingerprint density at radius 1 is 1.25 bits per heavy atom. The average molecular weight is 344 g/mol. The van der Waals surface area contributed by atoms with Gasteiger partial charge in [-0.2, -0.15) is 0 Å². The van der Waals surface area contributed by atoms with Crippen LogP contribution in [0.2, 0.25) is 0 Å². The van der Waals surface area contributed by atoms with Crippen LogP contribution in [-0.4, -0.2) is 23.6 Å². The lowest BCUT2D eigenvalue weighted by Gasteiger charge is -2.22. The molecule has 0 aliphatic carbocycles. The highest BCUT2D eigenvalue weighted by atomic mass is 32.2. The Morgan fingerprint density at radius 3 is 2.75 bits per heavy atom. The highest BCUT2D eigenvalue weighted by Gasteiger charge is 2.27. The van der Waals surface area contributed by atoms with Gasteiger partial charge in [-0.25, -0.2) is 4.39 Å². The van der Waals surface area contributed by atoms with Crippen LogP contribution in [0.3, 0.4) is 0 Å². The van der Waals surface area contributed by atoms with E-state index < -0.39 is 11.7 Å². The zero-order valence-electron chi connectivity index (χ0n) is 13.2. The minimum atomic E-state index is -0.502. The molecule has 0 fully saturated rings. The predicted octanol–water partition coefficient (Wildman–Crippen LogP) is 3.68. The molecule has 24 heavy (non-hydrogen) atoms. The lowest BCUT2D eigenvalue weighted by molar-refractivity contribution is -0.121. The number of carbonyl (C=O) groups is 2. The topological polar surface area (TPSA) is 49.4 Å². The molecule has 0 radical (unpaired) electrons. The predicted molar refractivity (Wildman–Crippen MR) is 93.8 cm³/mol. The Labute approximate surface area is 144 Å². The van der Waals surface area contributed by atoms with Crippen LogP contribution >= 0.6 is 11.8 Å². The van der Waals surface area contributed by atoms with Gasteiger partial charge in [0.05, 0.1) is 11.4 Å². The summed E-state index contributed by atoms with van der Waals surface area (Å²) in [5, 5.41) is 2.66. The van der Waals surface area contributed by atoms with Crippen molar-refractivity contribution in [1.29, 1.82) is 0 Å². The van der Waals surface area contributed by atoms with E-state index >= 15 is 0 Å². The maximum atomic E-state index is 13.7. The summed E-state index contributed by atoms with van der Waals surface area (Å²) in [5.41, 5.74) is 0.835. The van der Waals surface area contributed by atoms with Gasteiger partial charge in [0, 0.05) is 16.6 Å². The third-order valence-electron chi connectivity index (χ3n) is 3.70. The van der Waals surface area contributed by atoms with Crippen LogP contribution in [0.25, 0.3) is 0 Å². The Bertz CT molecular complexity index is 781. The Kier molecular flexibility index (Phi) is 4.85. The first-order chi connectivity index (χ1) is 11.5. The van der Waals surface area contributed by atoms with E-state index in [0.29, 0.717) is 6.42 Å². The van der Waals surface area contributed by atoms with Gasteiger partial charge in [-0.3, -0.25) is 9.59 Å². The van der Waals surface area contributed by atoms with Crippen molar-refractivity contribution in [3.8, 4) is 0 Å². The molecule has 6 heteroatoms. The maximum Gasteiger partial charge on any atom is 0.244 e. The Hall–Kier alpha value is -2.34. The van der Waals surface area contributed by atoms with E-state index in [4.69, 9.17) is 0 Å². The summed E-state index contributed by atoms with van der Waals surface area (Å²) in [6.45, 7) is 1.85. The number of rotatable bonds is 3. The van der Waals surface area contributed by atoms with Crippen LogP contribution in [0.4, 0.5) is 15.8 Å². The van der Waals surface area contributed by atoms with Crippen molar-refractivity contribution in [2.24, 2.45) is 0 Å². The number of hydrogen-bond donors (Lipinski definition) is 1. The molecule has 4 nitrogen and oxygen atoms in total. The number of carbonyl (C=O) groups excluding carboxylic acids is 2. The van der Waals surface area contributed by atoms with E-state index in [1.807, 2.05) is 31.2 Å². The van der Waals surface area contributed by atoms with E-state index in [1.54, 1.807) is 23.9 Å². The largest absolute Gasteiger partial charge is 0.322 e. The normalized spacial score (nSPS) is 17.2. The summed E-state index contributed by atoms with van der Waals surface area (Å²) in [5.74, 6) is -1.04. The minimum Gasteiger partial charge on any atom is -0.322 e. The molecule has 0 aromatic heterocycles. The number of nitrogens with zero attached hydrogens (tertiary/aromatic N) is 1. The number of halogens is 1. The van der Waals surface area contributed by atoms with Gasteiger partial charge in [0.15, 0.2) is 0 Å². The first-order valence-corrected chi connectivity index (χ1v) is 8.53. The molecule has 0 saturated heterocycles. The molecule has 1 unspecified atom stereocenters. The second-order valence-electron chi connectivity index (χ2n) is 5.61. The van der Waals surface area contributed by atoms with Crippen molar-refractivity contribution in [3.63, 3.8) is 0 Å². The van der Waals surface area contributed by atoms with E-state index in [9.17, 15) is 14.0 Å². The second kappa shape index (κ2) is 7.05. The molecule has 1 aliphatic heterocycles. The van der Waals surface area contributed by atoms with Crippen molar-refractivity contribution >= 4 is 35.0 Å². The van der Waals surface area contributed by atoms with Gasteiger partial charge in [0.25, 0.3) is 0 Å². The number of para-hydroxylation sites is 2. The summed E-state index contributed by atoms with van der Waals surface area (Å²) < 4.78 is 13.7. The molecule has 0 saturated carbocycles. The van der Waals surface area contributed by atoms with Crippen LogP contribution in [0, 0.1) is 5.82 Å². The number of amides is 2. The van der Waals surface area contributed by atoms with Gasteiger partial charge in [-0.1, -0.05) is 31.2 Å². The molecule has 1 atom stereocenters. The Balaban J connectivity index is 1.81. The summed E-state index contributed by atoms with van der Waals surface area (Å²) >= 11 is 1.62. The highest BCUT2D eigenvalue weighted by molar-refractivity contribution is 8.00. The van der Waals surface area contributed by atoms with Crippen molar-refractivity contribution in [1.82, 2.24) is 0 Å². The molecule has 2 aromatic rings. The van der Waals surface area contributed by atoms with Gasteiger partial charge >= 0.3 is 0 Å². The number of thioether (sulfide) groups is 1. The highest BCUT2D eigenvalue weighted by Crippen LogP contribution is 2.37. The lowest BCUT2D eigenvalue weighted by Crippen LogP contribution is -2.38. The molecule has 124 valence electrons. The molecule has 2 aromatic carbocycles. The van der Waals surface area contributed by atoms with Crippen LogP contribution < -0.4 is 10.2 Å². The fourth-order valence-electron chi connectivity index (χ4n) is 2.60. The standard InChI is InChI=1S/C18H17FN2O2S/c1-12-10-18(23)21(15-8-4-5-9-16(15)24-12)11-17(22)20-14-7-3-2-6-13(14)19/h2-9,12H,10-11H2,1H3,(H,20,22). The first kappa shape index (κ1) is 16.5. The quantitative estimate of drug-likeness (QED) is 0.924. The summed E-state index contributed by atoms with van der Waals surface area (Å²) in [4.78, 5) is 27.2. The fourth-order valence-corrected chi connectivity index (χ4v) is 3.71. The number of fused-ring (bicyclic) bond motifs is 1. The third-order valence-corrected chi connectivity index (χ3v) is 4.87. The molecule has 0 bridgehead atoms. The van der Waals surface area contributed by atoms with Gasteiger partial charge < -0.3 is 10.2 Å². The van der Waals surface area contributed by atoms with E-state index in [-0.39, 0.29) is 23.4 Å². The van der Waals surface area contributed by atoms with Gasteiger partial charge in [-0.15, -0.1) is 11.8 Å². The molecule has 0 spiro atoms. The molecule has 1 heterocycles. The zero-order valence-corrected chi connectivity index (χ0v) is 14.0. The number of hydrogen-bond acceptors (Lipinski definition) is 3. The van der Waals surface area contributed by atoms with Crippen LogP contribution in [-0.2, 0) is 9.59 Å². The molecular formula is C18H17FN2O2S. The van der Waals surface area contributed by atoms with Crippen LogP contribution in [0.5, 0.6) is 0 Å². The van der Waals surface area contributed by atoms with Crippen LogP contribution in [0.1, 0.15) is 13.3 Å². The molecule has 1 aliphatic rings. The average Bonchev–Trinajstić information content (AvgIpc) is 2.66. The number of nitrogens with one attached hydrogen (secondary N) is 1. The first-order valence-electron chi connectivity index (χ1n) is 7.65. The summed E-state index contributed by atoms with van der Waals surface area (Å²) in [7, 11) is 0. The monoisotopic (exact) mass is 344 g/mol. The van der Waals surface area contributed by atoms with E-state index in [1.165, 1.54) is 17.0 Å². The number of anilines is 2. The molecule has 3 rings (SSSR count). The lowest BCUT2D eigenvalue weighted by atomic mass is 10.2. The zero-order chi connectivity index (χ0) is 17.1. The fraction of sp³-hybridized carbons (Fsp3) is 0.222. The van der Waals surface area contributed by atoms with Gasteiger partial charge in [0.2, 0.25) is 11.8 Å². The van der Waals surface area contributed by atoms with Crippen molar-refractivity contribution in [2.45, 2.75) is 23.5 Å². The summed E-state index contributed by atoms with van der Waals surface area (Å²) in [6.07, 6.45) is 0.353. The second-order valence-corrected chi connectivity index (χ2v) is 7.09. The molecular weight excluding hydrogens is 327 g/mol. The minimum absolute atomic E-state index is 0.108.